The van der Waals surface area contributed by atoms with Crippen LogP contribution in [-0.2, 0) is 4.79 Å². The van der Waals surface area contributed by atoms with Gasteiger partial charge < -0.3 is 10.6 Å². The van der Waals surface area contributed by atoms with Crippen molar-refractivity contribution in [1.29, 1.82) is 0 Å². The molecule has 0 saturated heterocycles. The van der Waals surface area contributed by atoms with Crippen molar-refractivity contribution >= 4 is 17.5 Å². The number of amides is 2. The molecule has 0 aliphatic rings. The minimum Gasteiger partial charge on any atom is -0.355 e. The summed E-state index contributed by atoms with van der Waals surface area (Å²) < 4.78 is 27.0. The van der Waals surface area contributed by atoms with Gasteiger partial charge in [0.25, 0.3) is 5.91 Å². The van der Waals surface area contributed by atoms with E-state index in [-0.39, 0.29) is 19.0 Å². The molecule has 2 N–H and O–H groups in total. The Morgan fingerprint density at radius 2 is 1.85 bits per heavy atom. The highest BCUT2D eigenvalue weighted by Crippen LogP contribution is 2.22. The summed E-state index contributed by atoms with van der Waals surface area (Å²) in [7, 11) is 0. The molecule has 0 saturated carbocycles. The first-order valence-corrected chi connectivity index (χ1v) is 5.49. The summed E-state index contributed by atoms with van der Waals surface area (Å²) in [6.07, 6.45) is 0. The van der Waals surface area contributed by atoms with Gasteiger partial charge in [0.1, 0.15) is 11.4 Å². The molecule has 9 heteroatoms. The fourth-order valence-electron chi connectivity index (χ4n) is 1.39. The molecular weight excluding hydrogens is 276 g/mol. The van der Waals surface area contributed by atoms with E-state index in [1.807, 2.05) is 0 Å². The Labute approximate surface area is 112 Å². The summed E-state index contributed by atoms with van der Waals surface area (Å²) in [4.78, 5) is 31.6. The lowest BCUT2D eigenvalue weighted by molar-refractivity contribution is -0.387. The van der Waals surface area contributed by atoms with Gasteiger partial charge in [-0.2, -0.15) is 4.39 Å². The number of carbonyl (C=O) groups is 2. The van der Waals surface area contributed by atoms with Crippen LogP contribution in [0.15, 0.2) is 12.1 Å². The van der Waals surface area contributed by atoms with Crippen molar-refractivity contribution in [1.82, 2.24) is 10.6 Å². The van der Waals surface area contributed by atoms with Gasteiger partial charge in [-0.1, -0.05) is 0 Å². The third-order valence-electron chi connectivity index (χ3n) is 2.28. The Morgan fingerprint density at radius 3 is 2.40 bits per heavy atom. The molecule has 0 radical (unpaired) electrons. The van der Waals surface area contributed by atoms with E-state index in [2.05, 4.69) is 10.6 Å². The normalized spacial score (nSPS) is 9.95. The molecular formula is C11H11F2N3O4. The van der Waals surface area contributed by atoms with Crippen molar-refractivity contribution in [2.45, 2.75) is 6.92 Å². The van der Waals surface area contributed by atoms with Gasteiger partial charge in [0.15, 0.2) is 0 Å². The van der Waals surface area contributed by atoms with Gasteiger partial charge in [-0.05, 0) is 6.07 Å². The van der Waals surface area contributed by atoms with Crippen LogP contribution < -0.4 is 10.6 Å². The fraction of sp³-hybridized carbons (Fsp3) is 0.273. The van der Waals surface area contributed by atoms with Crippen LogP contribution in [0.1, 0.15) is 17.3 Å². The zero-order chi connectivity index (χ0) is 15.3. The minimum atomic E-state index is -1.54. The molecule has 1 rings (SSSR count). The molecule has 1 aromatic carbocycles. The van der Waals surface area contributed by atoms with E-state index in [0.29, 0.717) is 12.1 Å². The van der Waals surface area contributed by atoms with Gasteiger partial charge >= 0.3 is 5.69 Å². The SMILES string of the molecule is CC(=O)NCCNC(=O)c1c(F)ccc([N+](=O)[O-])c1F. The second-order valence-corrected chi connectivity index (χ2v) is 3.75. The van der Waals surface area contributed by atoms with Crippen LogP contribution in [0, 0.1) is 21.7 Å². The Balaban J connectivity index is 2.84. The van der Waals surface area contributed by atoms with Crippen molar-refractivity contribution in [2.24, 2.45) is 0 Å². The van der Waals surface area contributed by atoms with Crippen molar-refractivity contribution < 1.29 is 23.3 Å². The number of rotatable bonds is 5. The van der Waals surface area contributed by atoms with Gasteiger partial charge in [0, 0.05) is 26.1 Å². The van der Waals surface area contributed by atoms with Gasteiger partial charge in [-0.15, -0.1) is 0 Å². The molecule has 108 valence electrons. The van der Waals surface area contributed by atoms with Crippen molar-refractivity contribution in [3.63, 3.8) is 0 Å². The quantitative estimate of drug-likeness (QED) is 0.473. The molecule has 0 fully saturated rings. The molecule has 7 nitrogen and oxygen atoms in total. The van der Waals surface area contributed by atoms with E-state index >= 15 is 0 Å². The lowest BCUT2D eigenvalue weighted by Gasteiger charge is -2.07. The van der Waals surface area contributed by atoms with Gasteiger partial charge in [-0.25, -0.2) is 4.39 Å². The number of hydrogen-bond acceptors (Lipinski definition) is 4. The average molecular weight is 287 g/mol. The smallest absolute Gasteiger partial charge is 0.305 e. The van der Waals surface area contributed by atoms with Crippen molar-refractivity contribution in [2.75, 3.05) is 13.1 Å². The lowest BCUT2D eigenvalue weighted by Crippen LogP contribution is -2.34. The molecule has 0 bridgehead atoms. The molecule has 0 aromatic heterocycles. The topological polar surface area (TPSA) is 101 Å². The lowest BCUT2D eigenvalue weighted by atomic mass is 10.1. The molecule has 0 aliphatic heterocycles. The largest absolute Gasteiger partial charge is 0.355 e. The standard InChI is InChI=1S/C11H11F2N3O4/c1-6(17)14-4-5-15-11(18)9-7(12)2-3-8(10(9)13)16(19)20/h2-3H,4-5H2,1H3,(H,14,17)(H,15,18). The van der Waals surface area contributed by atoms with Crippen LogP contribution in [0.4, 0.5) is 14.5 Å². The Bertz CT molecular complexity index is 563. The first-order valence-electron chi connectivity index (χ1n) is 5.49. The van der Waals surface area contributed by atoms with E-state index in [1.165, 1.54) is 6.92 Å². The molecule has 2 amide bonds. The summed E-state index contributed by atoms with van der Waals surface area (Å²) >= 11 is 0. The Hall–Kier alpha value is -2.58. The first kappa shape index (κ1) is 15.5. The number of nitrogens with zero attached hydrogens (tertiary/aromatic N) is 1. The summed E-state index contributed by atoms with van der Waals surface area (Å²) in [5, 5.41) is 15.0. The summed E-state index contributed by atoms with van der Waals surface area (Å²) in [5.74, 6) is -4.20. The molecule has 1 aromatic rings. The summed E-state index contributed by atoms with van der Waals surface area (Å²) in [5.41, 5.74) is -2.01. The minimum absolute atomic E-state index is 0.0687. The number of halogens is 2. The van der Waals surface area contributed by atoms with Crippen LogP contribution in [-0.4, -0.2) is 29.8 Å². The third kappa shape index (κ3) is 3.70. The van der Waals surface area contributed by atoms with Crippen LogP contribution in [0.5, 0.6) is 0 Å². The van der Waals surface area contributed by atoms with Crippen LogP contribution in [0.25, 0.3) is 0 Å². The Morgan fingerprint density at radius 1 is 1.25 bits per heavy atom. The maximum Gasteiger partial charge on any atom is 0.305 e. The number of nitrogens with one attached hydrogen (secondary N) is 2. The van der Waals surface area contributed by atoms with Crippen LogP contribution in [0.3, 0.4) is 0 Å². The van der Waals surface area contributed by atoms with E-state index in [1.54, 1.807) is 0 Å². The molecule has 0 unspecified atom stereocenters. The second kappa shape index (κ2) is 6.55. The zero-order valence-corrected chi connectivity index (χ0v) is 10.4. The highest BCUT2D eigenvalue weighted by Gasteiger charge is 2.25. The van der Waals surface area contributed by atoms with E-state index < -0.39 is 33.7 Å². The van der Waals surface area contributed by atoms with E-state index in [0.717, 1.165) is 0 Å². The van der Waals surface area contributed by atoms with Crippen molar-refractivity contribution in [3.05, 3.63) is 39.4 Å². The van der Waals surface area contributed by atoms with Gasteiger partial charge in [-0.3, -0.25) is 19.7 Å². The number of carbonyl (C=O) groups excluding carboxylic acids is 2. The number of nitro groups is 1. The molecule has 0 aliphatic carbocycles. The monoisotopic (exact) mass is 287 g/mol. The average Bonchev–Trinajstić information content (AvgIpc) is 2.34. The first-order chi connectivity index (χ1) is 9.34. The van der Waals surface area contributed by atoms with E-state index in [4.69, 9.17) is 0 Å². The molecule has 0 atom stereocenters. The zero-order valence-electron chi connectivity index (χ0n) is 10.4. The molecule has 20 heavy (non-hydrogen) atoms. The summed E-state index contributed by atoms with van der Waals surface area (Å²) in [6.45, 7) is 1.26. The number of nitro benzene ring substituents is 1. The maximum atomic E-state index is 13.7. The third-order valence-corrected chi connectivity index (χ3v) is 2.28. The highest BCUT2D eigenvalue weighted by molar-refractivity contribution is 5.95. The van der Waals surface area contributed by atoms with Crippen LogP contribution >= 0.6 is 0 Å². The molecule has 0 heterocycles. The second-order valence-electron chi connectivity index (χ2n) is 3.75. The number of benzene rings is 1. The predicted octanol–water partition coefficient (Wildman–Crippen LogP) is 0.739. The Kier molecular flexibility index (Phi) is 5.07. The highest BCUT2D eigenvalue weighted by atomic mass is 19.1. The van der Waals surface area contributed by atoms with Gasteiger partial charge in [0.05, 0.1) is 4.92 Å². The number of hydrogen-bond donors (Lipinski definition) is 2. The molecule has 0 spiro atoms. The maximum absolute atomic E-state index is 13.7. The predicted molar refractivity (Wildman–Crippen MR) is 64.0 cm³/mol. The van der Waals surface area contributed by atoms with Crippen molar-refractivity contribution in [3.8, 4) is 0 Å². The van der Waals surface area contributed by atoms with Crippen LogP contribution in [0.2, 0.25) is 0 Å². The summed E-state index contributed by atoms with van der Waals surface area (Å²) in [6, 6.07) is 1.28. The van der Waals surface area contributed by atoms with E-state index in [9.17, 15) is 28.5 Å². The van der Waals surface area contributed by atoms with Gasteiger partial charge in [0.2, 0.25) is 11.7 Å². The fourth-order valence-corrected chi connectivity index (χ4v) is 1.39.